The molecule has 3 nitrogen and oxygen atoms in total. The molecule has 0 unspecified atom stereocenters. The van der Waals surface area contributed by atoms with Crippen molar-refractivity contribution >= 4 is 5.78 Å². The van der Waals surface area contributed by atoms with Crippen LogP contribution in [-0.4, -0.2) is 15.6 Å². The maximum atomic E-state index is 12.4. The highest BCUT2D eigenvalue weighted by Gasteiger charge is 2.13. The third-order valence-electron chi connectivity index (χ3n) is 3.41. The molecule has 0 saturated carbocycles. The van der Waals surface area contributed by atoms with Crippen molar-refractivity contribution in [3.63, 3.8) is 0 Å². The summed E-state index contributed by atoms with van der Waals surface area (Å²) >= 11 is 0. The van der Waals surface area contributed by atoms with Crippen LogP contribution in [0.4, 0.5) is 0 Å². The van der Waals surface area contributed by atoms with E-state index >= 15 is 0 Å². The number of rotatable bonds is 4. The molecule has 19 heavy (non-hydrogen) atoms. The molecule has 0 aliphatic rings. The Bertz CT molecular complexity index is 611. The number of ketones is 1. The summed E-state index contributed by atoms with van der Waals surface area (Å²) in [5.41, 5.74) is 5.04. The van der Waals surface area contributed by atoms with E-state index in [2.05, 4.69) is 12.0 Å². The van der Waals surface area contributed by atoms with Gasteiger partial charge in [0.1, 0.15) is 0 Å². The predicted molar refractivity (Wildman–Crippen MR) is 76.5 cm³/mol. The van der Waals surface area contributed by atoms with Crippen molar-refractivity contribution in [2.24, 2.45) is 7.05 Å². The lowest BCUT2D eigenvalue weighted by molar-refractivity contribution is 0.0990. The van der Waals surface area contributed by atoms with Gasteiger partial charge in [-0.25, -0.2) is 0 Å². The lowest BCUT2D eigenvalue weighted by Crippen LogP contribution is -2.09. The van der Waals surface area contributed by atoms with Gasteiger partial charge in [0.2, 0.25) is 0 Å². The van der Waals surface area contributed by atoms with E-state index in [0.29, 0.717) is 6.42 Å². The largest absolute Gasteiger partial charge is 0.294 e. The first-order chi connectivity index (χ1) is 9.01. The summed E-state index contributed by atoms with van der Waals surface area (Å²) < 4.78 is 1.81. The van der Waals surface area contributed by atoms with Gasteiger partial charge in [-0.2, -0.15) is 5.10 Å². The molecule has 0 amide bonds. The standard InChI is InChI=1S/C16H20N2O/c1-5-13-9-14(18(4)17-13)10-16(19)15-7-6-11(2)8-12(15)3/h6-9H,5,10H2,1-4H3. The Morgan fingerprint density at radius 3 is 2.58 bits per heavy atom. The van der Waals surface area contributed by atoms with E-state index in [1.165, 1.54) is 5.56 Å². The molecule has 0 fully saturated rings. The number of nitrogens with zero attached hydrogens (tertiary/aromatic N) is 2. The average molecular weight is 256 g/mol. The molecular formula is C16H20N2O. The molecule has 100 valence electrons. The molecule has 0 bridgehead atoms. The van der Waals surface area contributed by atoms with Gasteiger partial charge in [-0.3, -0.25) is 9.48 Å². The van der Waals surface area contributed by atoms with Crippen LogP contribution in [0.1, 0.15) is 39.8 Å². The number of aromatic nitrogens is 2. The summed E-state index contributed by atoms with van der Waals surface area (Å²) in [6, 6.07) is 7.97. The van der Waals surface area contributed by atoms with Gasteiger partial charge in [0.25, 0.3) is 0 Å². The van der Waals surface area contributed by atoms with E-state index < -0.39 is 0 Å². The minimum absolute atomic E-state index is 0.156. The summed E-state index contributed by atoms with van der Waals surface area (Å²) in [7, 11) is 1.89. The van der Waals surface area contributed by atoms with E-state index in [1.54, 1.807) is 4.68 Å². The van der Waals surface area contributed by atoms with Crippen LogP contribution in [0.2, 0.25) is 0 Å². The number of hydrogen-bond donors (Lipinski definition) is 0. The van der Waals surface area contributed by atoms with Gasteiger partial charge in [0, 0.05) is 18.3 Å². The van der Waals surface area contributed by atoms with Crippen LogP contribution in [-0.2, 0) is 19.9 Å². The molecule has 0 aliphatic carbocycles. The summed E-state index contributed by atoms with van der Waals surface area (Å²) in [6.45, 7) is 6.09. The molecule has 0 saturated heterocycles. The van der Waals surface area contributed by atoms with Crippen LogP contribution in [0.5, 0.6) is 0 Å². The molecule has 1 aromatic carbocycles. The molecule has 0 radical (unpaired) electrons. The predicted octanol–water partition coefficient (Wildman–Crippen LogP) is 3.02. The fraction of sp³-hybridized carbons (Fsp3) is 0.375. The summed E-state index contributed by atoms with van der Waals surface area (Å²) in [5, 5.41) is 4.38. The fourth-order valence-electron chi connectivity index (χ4n) is 2.30. The van der Waals surface area contributed by atoms with E-state index in [0.717, 1.165) is 28.9 Å². The number of Topliss-reactive ketones (excluding diaryl/α,β-unsaturated/α-hetero) is 1. The summed E-state index contributed by atoms with van der Waals surface area (Å²) in [5.74, 6) is 0.156. The van der Waals surface area contributed by atoms with Crippen molar-refractivity contribution in [3.8, 4) is 0 Å². The number of hydrogen-bond acceptors (Lipinski definition) is 2. The molecule has 0 aliphatic heterocycles. The minimum atomic E-state index is 0.156. The fourth-order valence-corrected chi connectivity index (χ4v) is 2.30. The molecule has 2 rings (SSSR count). The molecule has 0 spiro atoms. The summed E-state index contributed by atoms with van der Waals surface area (Å²) in [4.78, 5) is 12.4. The van der Waals surface area contributed by atoms with Crippen molar-refractivity contribution in [2.45, 2.75) is 33.6 Å². The first-order valence-electron chi connectivity index (χ1n) is 6.63. The molecule has 1 heterocycles. The van der Waals surface area contributed by atoms with Gasteiger partial charge in [0.15, 0.2) is 5.78 Å². The van der Waals surface area contributed by atoms with Gasteiger partial charge in [-0.1, -0.05) is 30.7 Å². The van der Waals surface area contributed by atoms with Crippen LogP contribution >= 0.6 is 0 Å². The quantitative estimate of drug-likeness (QED) is 0.788. The van der Waals surface area contributed by atoms with Gasteiger partial charge >= 0.3 is 0 Å². The van der Waals surface area contributed by atoms with Crippen LogP contribution < -0.4 is 0 Å². The van der Waals surface area contributed by atoms with Crippen molar-refractivity contribution in [1.29, 1.82) is 0 Å². The normalized spacial score (nSPS) is 10.7. The topological polar surface area (TPSA) is 34.9 Å². The van der Waals surface area contributed by atoms with Gasteiger partial charge < -0.3 is 0 Å². The Morgan fingerprint density at radius 1 is 1.26 bits per heavy atom. The maximum absolute atomic E-state index is 12.4. The summed E-state index contributed by atoms with van der Waals surface area (Å²) in [6.07, 6.45) is 1.30. The van der Waals surface area contributed by atoms with Crippen molar-refractivity contribution in [3.05, 3.63) is 52.3 Å². The van der Waals surface area contributed by atoms with Gasteiger partial charge in [-0.15, -0.1) is 0 Å². The molecular weight excluding hydrogens is 236 g/mol. The minimum Gasteiger partial charge on any atom is -0.294 e. The highest BCUT2D eigenvalue weighted by molar-refractivity contribution is 5.98. The van der Waals surface area contributed by atoms with E-state index in [1.807, 2.05) is 45.2 Å². The van der Waals surface area contributed by atoms with Crippen LogP contribution in [0, 0.1) is 13.8 Å². The lowest BCUT2D eigenvalue weighted by Gasteiger charge is -2.06. The second kappa shape index (κ2) is 5.39. The first kappa shape index (κ1) is 13.5. The zero-order valence-electron chi connectivity index (χ0n) is 12.0. The Labute approximate surface area is 114 Å². The average Bonchev–Trinajstić information content (AvgIpc) is 2.70. The van der Waals surface area contributed by atoms with E-state index in [4.69, 9.17) is 0 Å². The van der Waals surface area contributed by atoms with Crippen molar-refractivity contribution < 1.29 is 4.79 Å². The Hall–Kier alpha value is -1.90. The van der Waals surface area contributed by atoms with Crippen molar-refractivity contribution in [2.75, 3.05) is 0 Å². The highest BCUT2D eigenvalue weighted by Crippen LogP contribution is 2.14. The Balaban J connectivity index is 2.23. The molecule has 1 aromatic heterocycles. The van der Waals surface area contributed by atoms with Gasteiger partial charge in [-0.05, 0) is 31.9 Å². The third-order valence-corrected chi connectivity index (χ3v) is 3.41. The zero-order valence-corrected chi connectivity index (χ0v) is 12.0. The number of aryl methyl sites for hydroxylation is 4. The van der Waals surface area contributed by atoms with Crippen LogP contribution in [0.25, 0.3) is 0 Å². The second-order valence-electron chi connectivity index (χ2n) is 5.02. The zero-order chi connectivity index (χ0) is 14.0. The second-order valence-corrected chi connectivity index (χ2v) is 5.02. The number of carbonyl (C=O) groups is 1. The first-order valence-corrected chi connectivity index (χ1v) is 6.63. The monoisotopic (exact) mass is 256 g/mol. The smallest absolute Gasteiger partial charge is 0.169 e. The molecule has 0 atom stereocenters. The Morgan fingerprint density at radius 2 is 2.00 bits per heavy atom. The molecule has 2 aromatic rings. The highest BCUT2D eigenvalue weighted by atomic mass is 16.1. The number of carbonyl (C=O) groups excluding carboxylic acids is 1. The van der Waals surface area contributed by atoms with E-state index in [-0.39, 0.29) is 5.78 Å². The lowest BCUT2D eigenvalue weighted by atomic mass is 9.99. The third kappa shape index (κ3) is 2.92. The maximum Gasteiger partial charge on any atom is 0.169 e. The van der Waals surface area contributed by atoms with Crippen molar-refractivity contribution in [1.82, 2.24) is 9.78 Å². The molecule has 3 heteroatoms. The van der Waals surface area contributed by atoms with Crippen LogP contribution in [0.15, 0.2) is 24.3 Å². The Kier molecular flexibility index (Phi) is 3.84. The van der Waals surface area contributed by atoms with E-state index in [9.17, 15) is 4.79 Å². The number of benzene rings is 1. The van der Waals surface area contributed by atoms with Crippen LogP contribution in [0.3, 0.4) is 0 Å². The SMILES string of the molecule is CCc1cc(CC(=O)c2ccc(C)cc2C)n(C)n1. The van der Waals surface area contributed by atoms with Gasteiger partial charge in [0.05, 0.1) is 12.1 Å². The molecule has 0 N–H and O–H groups in total.